The first-order chi connectivity index (χ1) is 11.3. The second-order valence-electron chi connectivity index (χ2n) is 5.62. The maximum atomic E-state index is 11.9. The van der Waals surface area contributed by atoms with Crippen molar-refractivity contribution in [1.82, 2.24) is 20.3 Å². The molecule has 0 unspecified atom stereocenters. The molecule has 0 spiro atoms. The van der Waals surface area contributed by atoms with Gasteiger partial charge in [-0.1, -0.05) is 6.07 Å². The molecule has 2 aromatic heterocycles. The first-order valence-electron chi connectivity index (χ1n) is 7.89. The number of pyridine rings is 1. The van der Waals surface area contributed by atoms with E-state index < -0.39 is 0 Å². The summed E-state index contributed by atoms with van der Waals surface area (Å²) >= 11 is 0. The minimum atomic E-state index is -0.0438. The molecule has 6 nitrogen and oxygen atoms in total. The van der Waals surface area contributed by atoms with E-state index in [0.29, 0.717) is 13.0 Å². The van der Waals surface area contributed by atoms with Crippen LogP contribution in [0.2, 0.25) is 0 Å². The van der Waals surface area contributed by atoms with Gasteiger partial charge in [-0.05, 0) is 30.9 Å². The molecule has 1 atom stereocenters. The third kappa shape index (κ3) is 4.56. The summed E-state index contributed by atoms with van der Waals surface area (Å²) in [5.74, 6) is 0.688. The molecule has 0 bridgehead atoms. The molecule has 1 amide bonds. The molecular weight excluding hydrogens is 292 g/mol. The fraction of sp³-hybridized carbons (Fsp3) is 0.412. The number of carbonyl (C=O) groups excluding carboxylic acids is 1. The number of carbonyl (C=O) groups is 1. The fourth-order valence-corrected chi connectivity index (χ4v) is 2.52. The quantitative estimate of drug-likeness (QED) is 0.913. The SMILES string of the molecule is O=C(Cc1cccnc1)NCc1cnc([C@H]2CCCCO2)nc1. The van der Waals surface area contributed by atoms with Crippen molar-refractivity contribution in [3.05, 3.63) is 53.9 Å². The molecule has 1 N–H and O–H groups in total. The molecule has 0 aromatic carbocycles. The Labute approximate surface area is 135 Å². The van der Waals surface area contributed by atoms with Crippen LogP contribution in [0.4, 0.5) is 0 Å². The molecule has 3 rings (SSSR count). The van der Waals surface area contributed by atoms with E-state index in [4.69, 9.17) is 4.74 Å². The van der Waals surface area contributed by atoms with Crippen LogP contribution in [-0.4, -0.2) is 27.5 Å². The molecule has 120 valence electrons. The monoisotopic (exact) mass is 312 g/mol. The average Bonchev–Trinajstić information content (AvgIpc) is 2.62. The van der Waals surface area contributed by atoms with Gasteiger partial charge >= 0.3 is 0 Å². The summed E-state index contributed by atoms with van der Waals surface area (Å²) in [6.45, 7) is 1.20. The highest BCUT2D eigenvalue weighted by Gasteiger charge is 2.18. The molecule has 2 aromatic rings. The topological polar surface area (TPSA) is 77.0 Å². The lowest BCUT2D eigenvalue weighted by molar-refractivity contribution is -0.120. The zero-order valence-electron chi connectivity index (χ0n) is 12.9. The second kappa shape index (κ2) is 7.78. The molecule has 6 heteroatoms. The summed E-state index contributed by atoms with van der Waals surface area (Å²) in [6, 6.07) is 3.71. The molecule has 0 saturated carbocycles. The first kappa shape index (κ1) is 15.6. The van der Waals surface area contributed by atoms with E-state index in [1.54, 1.807) is 24.8 Å². The zero-order chi connectivity index (χ0) is 15.9. The molecule has 1 aliphatic rings. The van der Waals surface area contributed by atoms with Crippen LogP contribution in [0.3, 0.4) is 0 Å². The van der Waals surface area contributed by atoms with Crippen LogP contribution in [0.1, 0.15) is 42.3 Å². The summed E-state index contributed by atoms with van der Waals surface area (Å²) in [5, 5.41) is 2.87. The van der Waals surface area contributed by atoms with E-state index in [0.717, 1.165) is 42.8 Å². The molecule has 0 aliphatic carbocycles. The lowest BCUT2D eigenvalue weighted by Gasteiger charge is -2.21. The number of ether oxygens (including phenoxy) is 1. The number of rotatable bonds is 5. The summed E-state index contributed by atoms with van der Waals surface area (Å²) in [4.78, 5) is 24.6. The number of nitrogens with zero attached hydrogens (tertiary/aromatic N) is 3. The van der Waals surface area contributed by atoms with Crippen molar-refractivity contribution >= 4 is 5.91 Å². The Balaban J connectivity index is 1.49. The summed E-state index contributed by atoms with van der Waals surface area (Å²) in [6.07, 6.45) is 10.5. The highest BCUT2D eigenvalue weighted by molar-refractivity contribution is 5.78. The van der Waals surface area contributed by atoms with Gasteiger partial charge in [-0.3, -0.25) is 9.78 Å². The highest BCUT2D eigenvalue weighted by atomic mass is 16.5. The van der Waals surface area contributed by atoms with E-state index in [1.807, 2.05) is 12.1 Å². The van der Waals surface area contributed by atoms with E-state index in [9.17, 15) is 4.79 Å². The van der Waals surface area contributed by atoms with E-state index >= 15 is 0 Å². The summed E-state index contributed by atoms with van der Waals surface area (Å²) in [7, 11) is 0. The number of hydrogen-bond donors (Lipinski definition) is 1. The lowest BCUT2D eigenvalue weighted by Crippen LogP contribution is -2.25. The minimum Gasteiger partial charge on any atom is -0.370 e. The van der Waals surface area contributed by atoms with Gasteiger partial charge in [0.15, 0.2) is 5.82 Å². The van der Waals surface area contributed by atoms with Crippen LogP contribution in [0.15, 0.2) is 36.9 Å². The van der Waals surface area contributed by atoms with E-state index in [-0.39, 0.29) is 12.0 Å². The predicted octanol–water partition coefficient (Wildman–Crippen LogP) is 1.97. The van der Waals surface area contributed by atoms with Crippen LogP contribution < -0.4 is 5.32 Å². The fourth-order valence-electron chi connectivity index (χ4n) is 2.52. The predicted molar refractivity (Wildman–Crippen MR) is 84.4 cm³/mol. The molecular formula is C17H20N4O2. The average molecular weight is 312 g/mol. The van der Waals surface area contributed by atoms with Gasteiger partial charge in [0, 0.05) is 43.5 Å². The van der Waals surface area contributed by atoms with Crippen LogP contribution in [0.25, 0.3) is 0 Å². The number of amides is 1. The summed E-state index contributed by atoms with van der Waals surface area (Å²) in [5.41, 5.74) is 1.77. The van der Waals surface area contributed by atoms with Crippen molar-refractivity contribution in [2.75, 3.05) is 6.61 Å². The first-order valence-corrected chi connectivity index (χ1v) is 7.89. The van der Waals surface area contributed by atoms with Gasteiger partial charge in [0.2, 0.25) is 5.91 Å². The Morgan fingerprint density at radius 1 is 1.22 bits per heavy atom. The van der Waals surface area contributed by atoms with Crippen LogP contribution in [-0.2, 0) is 22.5 Å². The van der Waals surface area contributed by atoms with Gasteiger partial charge in [0.05, 0.1) is 6.42 Å². The van der Waals surface area contributed by atoms with Crippen LogP contribution >= 0.6 is 0 Å². The number of hydrogen-bond acceptors (Lipinski definition) is 5. The van der Waals surface area contributed by atoms with Crippen molar-refractivity contribution in [2.24, 2.45) is 0 Å². The zero-order valence-corrected chi connectivity index (χ0v) is 12.9. The van der Waals surface area contributed by atoms with Crippen LogP contribution in [0, 0.1) is 0 Å². The van der Waals surface area contributed by atoms with Crippen molar-refractivity contribution in [1.29, 1.82) is 0 Å². The third-order valence-corrected chi connectivity index (χ3v) is 3.77. The molecule has 1 saturated heterocycles. The van der Waals surface area contributed by atoms with Crippen molar-refractivity contribution in [3.63, 3.8) is 0 Å². The van der Waals surface area contributed by atoms with E-state index in [2.05, 4.69) is 20.3 Å². The maximum Gasteiger partial charge on any atom is 0.224 e. The Kier molecular flexibility index (Phi) is 5.26. The van der Waals surface area contributed by atoms with Gasteiger partial charge in [-0.25, -0.2) is 9.97 Å². The second-order valence-corrected chi connectivity index (χ2v) is 5.62. The number of nitrogens with one attached hydrogen (secondary N) is 1. The molecule has 1 fully saturated rings. The smallest absolute Gasteiger partial charge is 0.224 e. The van der Waals surface area contributed by atoms with Gasteiger partial charge in [-0.2, -0.15) is 0 Å². The van der Waals surface area contributed by atoms with Crippen molar-refractivity contribution in [3.8, 4) is 0 Å². The highest BCUT2D eigenvalue weighted by Crippen LogP contribution is 2.24. The number of aromatic nitrogens is 3. The Bertz CT molecular complexity index is 625. The standard InChI is InChI=1S/C17H20N4O2/c22-16(8-13-4-3-6-18-9-13)19-10-14-11-20-17(21-12-14)15-5-1-2-7-23-15/h3-4,6,9,11-12,15H,1-2,5,7-8,10H2,(H,19,22)/t15-/m1/s1. The van der Waals surface area contributed by atoms with Crippen molar-refractivity contribution < 1.29 is 9.53 Å². The Morgan fingerprint density at radius 2 is 2.09 bits per heavy atom. The third-order valence-electron chi connectivity index (χ3n) is 3.77. The molecule has 23 heavy (non-hydrogen) atoms. The molecule has 3 heterocycles. The van der Waals surface area contributed by atoms with E-state index in [1.165, 1.54) is 0 Å². The van der Waals surface area contributed by atoms with Crippen LogP contribution in [0.5, 0.6) is 0 Å². The Hall–Kier alpha value is -2.34. The van der Waals surface area contributed by atoms with Gasteiger partial charge in [0.1, 0.15) is 6.10 Å². The molecule has 0 radical (unpaired) electrons. The molecule has 1 aliphatic heterocycles. The summed E-state index contributed by atoms with van der Waals surface area (Å²) < 4.78 is 5.67. The largest absolute Gasteiger partial charge is 0.370 e. The Morgan fingerprint density at radius 3 is 2.78 bits per heavy atom. The van der Waals surface area contributed by atoms with Gasteiger partial charge in [0.25, 0.3) is 0 Å². The normalized spacial score (nSPS) is 17.7. The maximum absolute atomic E-state index is 11.9. The van der Waals surface area contributed by atoms with Crippen molar-refractivity contribution in [2.45, 2.75) is 38.3 Å². The van der Waals surface area contributed by atoms with Gasteiger partial charge in [-0.15, -0.1) is 0 Å². The minimum absolute atomic E-state index is 0.0120. The van der Waals surface area contributed by atoms with Gasteiger partial charge < -0.3 is 10.1 Å². The lowest BCUT2D eigenvalue weighted by atomic mass is 10.1.